The molecule has 1 saturated heterocycles. The quantitative estimate of drug-likeness (QED) is 0.133. The molecule has 0 bridgehead atoms. The number of nitrogens with one attached hydrogen (secondary N) is 2. The monoisotopic (exact) mass is 547 g/mol. The fourth-order valence-electron chi connectivity index (χ4n) is 8.62. The summed E-state index contributed by atoms with van der Waals surface area (Å²) in [5, 5.41) is 18.0. The molecule has 0 amide bonds. The second-order valence-corrected chi connectivity index (χ2v) is 14.0. The van der Waals surface area contributed by atoms with Gasteiger partial charge in [0.05, 0.1) is 0 Å². The van der Waals surface area contributed by atoms with Crippen molar-refractivity contribution in [3.8, 4) is 0 Å². The van der Waals surface area contributed by atoms with Crippen molar-refractivity contribution in [3.05, 3.63) is 0 Å². The number of rotatable bonds is 20. The maximum absolute atomic E-state index is 12.0. The number of hydrogen-bond acceptors (Lipinski definition) is 3. The molecule has 0 aromatic rings. The van der Waals surface area contributed by atoms with Crippen molar-refractivity contribution in [1.82, 2.24) is 10.6 Å². The average molecular weight is 547 g/mol. The standard InChI is InChI=1S/C35H66N2O2/c1-2-3-4-5-6-7-8-9-10-11-12-13-14-15-16-18-23-31(28-33(38)39)32-24-19-22-27-35(32)30-36-29-34(37-35)25-20-17-21-26-34/h31-32,36-37H,2-30H2,1H3,(H,38,39). The summed E-state index contributed by atoms with van der Waals surface area (Å²) >= 11 is 0. The minimum atomic E-state index is -0.589. The highest BCUT2D eigenvalue weighted by Gasteiger charge is 2.51. The predicted molar refractivity (Wildman–Crippen MR) is 166 cm³/mol. The Hall–Kier alpha value is -0.610. The summed E-state index contributed by atoms with van der Waals surface area (Å²) < 4.78 is 0. The van der Waals surface area contributed by atoms with Crippen LogP contribution in [-0.2, 0) is 4.79 Å². The van der Waals surface area contributed by atoms with Crippen LogP contribution in [0.1, 0.15) is 180 Å². The lowest BCUT2D eigenvalue weighted by Crippen LogP contribution is -2.74. The van der Waals surface area contributed by atoms with E-state index in [9.17, 15) is 9.90 Å². The van der Waals surface area contributed by atoms with Gasteiger partial charge in [-0.2, -0.15) is 0 Å². The van der Waals surface area contributed by atoms with Crippen molar-refractivity contribution in [2.75, 3.05) is 13.1 Å². The molecule has 3 aliphatic rings. The van der Waals surface area contributed by atoms with Crippen LogP contribution in [0.25, 0.3) is 0 Å². The topological polar surface area (TPSA) is 61.4 Å². The summed E-state index contributed by atoms with van der Waals surface area (Å²) in [5.74, 6) is 0.237. The molecule has 4 nitrogen and oxygen atoms in total. The minimum absolute atomic E-state index is 0.114. The SMILES string of the molecule is CCCCCCCCCCCCCCCCCCC(CC(=O)O)C1CCCCC12CNCC1(CCCCC1)N2. The highest BCUT2D eigenvalue weighted by molar-refractivity contribution is 5.67. The molecule has 3 N–H and O–H groups in total. The second-order valence-electron chi connectivity index (χ2n) is 14.0. The molecule has 39 heavy (non-hydrogen) atoms. The van der Waals surface area contributed by atoms with E-state index in [-0.39, 0.29) is 11.1 Å². The Morgan fingerprint density at radius 3 is 1.82 bits per heavy atom. The Bertz CT molecular complexity index is 637. The van der Waals surface area contributed by atoms with Crippen molar-refractivity contribution in [2.24, 2.45) is 11.8 Å². The van der Waals surface area contributed by atoms with Crippen molar-refractivity contribution >= 4 is 5.97 Å². The lowest BCUT2D eigenvalue weighted by Gasteiger charge is -2.57. The molecule has 3 rings (SSSR count). The predicted octanol–water partition coefficient (Wildman–Crippen LogP) is 9.55. The molecule has 228 valence electrons. The molecule has 3 atom stereocenters. The number of hydrogen-bond donors (Lipinski definition) is 3. The number of carbonyl (C=O) groups is 1. The first-order valence-electron chi connectivity index (χ1n) is 17.8. The lowest BCUT2D eigenvalue weighted by molar-refractivity contribution is -0.139. The summed E-state index contributed by atoms with van der Waals surface area (Å²) in [6.45, 7) is 4.43. The van der Waals surface area contributed by atoms with Gasteiger partial charge in [0.2, 0.25) is 0 Å². The fraction of sp³-hybridized carbons (Fsp3) is 0.971. The minimum Gasteiger partial charge on any atom is -0.481 e. The van der Waals surface area contributed by atoms with Gasteiger partial charge in [0.25, 0.3) is 0 Å². The Labute approximate surface area is 242 Å². The van der Waals surface area contributed by atoms with Crippen LogP contribution in [0.15, 0.2) is 0 Å². The number of aliphatic carboxylic acids is 1. The van der Waals surface area contributed by atoms with Crippen LogP contribution in [0.2, 0.25) is 0 Å². The molecule has 3 fully saturated rings. The highest BCUT2D eigenvalue weighted by atomic mass is 16.4. The largest absolute Gasteiger partial charge is 0.481 e. The summed E-state index contributed by atoms with van der Waals surface area (Å²) in [6.07, 6.45) is 35.3. The molecular formula is C35H66N2O2. The fourth-order valence-corrected chi connectivity index (χ4v) is 8.62. The third-order valence-electron chi connectivity index (χ3n) is 10.8. The molecule has 2 saturated carbocycles. The molecule has 3 unspecified atom stereocenters. The van der Waals surface area contributed by atoms with Gasteiger partial charge in [0.15, 0.2) is 0 Å². The zero-order chi connectivity index (χ0) is 27.7. The Balaban J connectivity index is 1.31. The number of carboxylic acid groups (broad SMARTS) is 1. The molecule has 1 heterocycles. The summed E-state index contributed by atoms with van der Waals surface area (Å²) in [6, 6.07) is 0. The van der Waals surface area contributed by atoms with Gasteiger partial charge in [0, 0.05) is 30.6 Å². The van der Waals surface area contributed by atoms with Crippen LogP contribution in [0.3, 0.4) is 0 Å². The molecule has 1 aliphatic heterocycles. The van der Waals surface area contributed by atoms with E-state index in [4.69, 9.17) is 0 Å². The maximum Gasteiger partial charge on any atom is 0.303 e. The Morgan fingerprint density at radius 2 is 1.26 bits per heavy atom. The third-order valence-corrected chi connectivity index (χ3v) is 10.8. The van der Waals surface area contributed by atoms with Crippen molar-refractivity contribution in [2.45, 2.75) is 191 Å². The molecule has 2 spiro atoms. The van der Waals surface area contributed by atoms with Crippen LogP contribution >= 0.6 is 0 Å². The molecule has 4 heteroatoms. The van der Waals surface area contributed by atoms with E-state index in [1.165, 1.54) is 161 Å². The van der Waals surface area contributed by atoms with Gasteiger partial charge in [-0.25, -0.2) is 0 Å². The zero-order valence-corrected chi connectivity index (χ0v) is 26.0. The van der Waals surface area contributed by atoms with E-state index in [0.717, 1.165) is 19.5 Å². The normalized spacial score (nSPS) is 25.7. The van der Waals surface area contributed by atoms with Crippen LogP contribution < -0.4 is 10.6 Å². The van der Waals surface area contributed by atoms with Gasteiger partial charge in [-0.05, 0) is 43.9 Å². The van der Waals surface area contributed by atoms with E-state index >= 15 is 0 Å². The maximum atomic E-state index is 12.0. The van der Waals surface area contributed by atoms with Gasteiger partial charge < -0.3 is 15.7 Å². The Kier molecular flexibility index (Phi) is 15.8. The average Bonchev–Trinajstić information content (AvgIpc) is 2.92. The van der Waals surface area contributed by atoms with Gasteiger partial charge in [-0.3, -0.25) is 4.79 Å². The summed E-state index contributed by atoms with van der Waals surface area (Å²) in [7, 11) is 0. The van der Waals surface area contributed by atoms with E-state index in [1.54, 1.807) is 0 Å². The zero-order valence-electron chi connectivity index (χ0n) is 26.0. The smallest absolute Gasteiger partial charge is 0.303 e. The molecule has 0 aromatic carbocycles. The summed E-state index contributed by atoms with van der Waals surface area (Å²) in [5.41, 5.74) is 0.372. The van der Waals surface area contributed by atoms with Gasteiger partial charge in [0.1, 0.15) is 0 Å². The van der Waals surface area contributed by atoms with E-state index < -0.39 is 5.97 Å². The van der Waals surface area contributed by atoms with Crippen molar-refractivity contribution in [3.63, 3.8) is 0 Å². The van der Waals surface area contributed by atoms with Crippen molar-refractivity contribution in [1.29, 1.82) is 0 Å². The van der Waals surface area contributed by atoms with Crippen LogP contribution in [-0.4, -0.2) is 35.2 Å². The number of piperazine rings is 1. The second kappa shape index (κ2) is 18.7. The molecule has 2 aliphatic carbocycles. The van der Waals surface area contributed by atoms with Gasteiger partial charge in [-0.1, -0.05) is 142 Å². The van der Waals surface area contributed by atoms with Crippen LogP contribution in [0, 0.1) is 11.8 Å². The van der Waals surface area contributed by atoms with Crippen LogP contribution in [0.5, 0.6) is 0 Å². The third kappa shape index (κ3) is 11.7. The Morgan fingerprint density at radius 1 is 0.718 bits per heavy atom. The van der Waals surface area contributed by atoms with Gasteiger partial charge in [-0.15, -0.1) is 0 Å². The first kappa shape index (κ1) is 32.9. The van der Waals surface area contributed by atoms with Crippen molar-refractivity contribution < 1.29 is 9.90 Å². The molecular weight excluding hydrogens is 480 g/mol. The number of carboxylic acids is 1. The summed E-state index contributed by atoms with van der Waals surface area (Å²) in [4.78, 5) is 12.0. The molecule has 0 radical (unpaired) electrons. The first-order chi connectivity index (χ1) is 19.1. The van der Waals surface area contributed by atoms with E-state index in [2.05, 4.69) is 17.6 Å². The van der Waals surface area contributed by atoms with E-state index in [0.29, 0.717) is 18.3 Å². The molecule has 0 aromatic heterocycles. The lowest BCUT2D eigenvalue weighted by atomic mass is 9.62. The van der Waals surface area contributed by atoms with E-state index in [1.807, 2.05) is 0 Å². The highest BCUT2D eigenvalue weighted by Crippen LogP contribution is 2.45. The van der Waals surface area contributed by atoms with Crippen LogP contribution in [0.4, 0.5) is 0 Å². The van der Waals surface area contributed by atoms with Gasteiger partial charge >= 0.3 is 5.97 Å². The first-order valence-corrected chi connectivity index (χ1v) is 17.8. The number of unbranched alkanes of at least 4 members (excludes halogenated alkanes) is 15.